The number of rotatable bonds is 7. The topological polar surface area (TPSA) is 68.3 Å². The Balaban J connectivity index is 1.84. The molecule has 0 saturated heterocycles. The second-order valence-electron chi connectivity index (χ2n) is 6.91. The van der Waals surface area contributed by atoms with Crippen LogP contribution in [0.1, 0.15) is 23.6 Å². The fourth-order valence-corrected chi connectivity index (χ4v) is 4.14. The number of aromatic nitrogens is 1. The molecule has 0 bridgehead atoms. The molecule has 154 valence electrons. The number of Topliss-reactive ketones (excluding diaryl/α,β-unsaturated/α-hetero) is 1. The van der Waals surface area contributed by atoms with Crippen LogP contribution in [0, 0.1) is 0 Å². The predicted molar refractivity (Wildman–Crippen MR) is 121 cm³/mol. The molecule has 0 amide bonds. The van der Waals surface area contributed by atoms with E-state index in [9.17, 15) is 9.59 Å². The van der Waals surface area contributed by atoms with Crippen LogP contribution in [0.15, 0.2) is 96.4 Å². The first-order chi connectivity index (χ1) is 15.1. The number of ketones is 1. The van der Waals surface area contributed by atoms with E-state index in [1.807, 2.05) is 54.6 Å². The van der Waals surface area contributed by atoms with Crippen LogP contribution in [0.3, 0.4) is 0 Å². The van der Waals surface area contributed by atoms with Gasteiger partial charge in [-0.05, 0) is 16.7 Å². The van der Waals surface area contributed by atoms with Crippen LogP contribution in [0.4, 0.5) is 5.13 Å². The summed E-state index contributed by atoms with van der Waals surface area (Å²) >= 11 is 1.30. The summed E-state index contributed by atoms with van der Waals surface area (Å²) in [4.78, 5) is 27.3. The molecule has 0 spiro atoms. The zero-order valence-corrected chi connectivity index (χ0v) is 17.6. The van der Waals surface area contributed by atoms with Gasteiger partial charge < -0.3 is 10.1 Å². The molecular formula is C25H20N2O3S. The van der Waals surface area contributed by atoms with E-state index in [-0.39, 0.29) is 5.88 Å². The van der Waals surface area contributed by atoms with Crippen molar-refractivity contribution in [2.24, 2.45) is 0 Å². The summed E-state index contributed by atoms with van der Waals surface area (Å²) in [5, 5.41) is 5.76. The molecule has 6 heteroatoms. The van der Waals surface area contributed by atoms with E-state index in [1.54, 1.807) is 5.38 Å². The first-order valence-corrected chi connectivity index (χ1v) is 10.6. The highest BCUT2D eigenvalue weighted by Crippen LogP contribution is 2.41. The maximum Gasteiger partial charge on any atom is 0.381 e. The number of nitrogens with one attached hydrogen (secondary N) is 1. The standard InChI is InChI=1S/C25H20N2O3S/c1-18(28)23(29)30-22-17-31-24(26-22)27-25(19-11-5-2-6-12-19,20-13-7-3-8-14-20)21-15-9-4-10-16-21/h2-17H,1H3,(H,26,27). The van der Waals surface area contributed by atoms with Crippen LogP contribution < -0.4 is 10.1 Å². The van der Waals surface area contributed by atoms with E-state index >= 15 is 0 Å². The van der Waals surface area contributed by atoms with E-state index in [4.69, 9.17) is 4.74 Å². The Hall–Kier alpha value is -3.77. The molecule has 5 nitrogen and oxygen atoms in total. The largest absolute Gasteiger partial charge is 0.401 e. The molecule has 3 aromatic carbocycles. The van der Waals surface area contributed by atoms with Gasteiger partial charge in [0.2, 0.25) is 11.7 Å². The molecule has 0 aliphatic rings. The minimum Gasteiger partial charge on any atom is -0.401 e. The Labute approximate surface area is 184 Å². The molecular weight excluding hydrogens is 408 g/mol. The number of anilines is 1. The van der Waals surface area contributed by atoms with Gasteiger partial charge in [-0.25, -0.2) is 4.79 Å². The van der Waals surface area contributed by atoms with E-state index in [0.717, 1.165) is 16.7 Å². The second kappa shape index (κ2) is 8.93. The summed E-state index contributed by atoms with van der Waals surface area (Å²) in [5.74, 6) is -1.51. The number of hydrogen-bond donors (Lipinski definition) is 1. The summed E-state index contributed by atoms with van der Waals surface area (Å²) < 4.78 is 5.06. The van der Waals surface area contributed by atoms with Crippen molar-refractivity contribution in [1.82, 2.24) is 4.98 Å². The lowest BCUT2D eigenvalue weighted by atomic mass is 9.77. The third kappa shape index (κ3) is 4.25. The molecule has 0 fully saturated rings. The molecule has 1 heterocycles. The zero-order chi connectivity index (χ0) is 21.7. The Kier molecular flexibility index (Phi) is 5.91. The van der Waals surface area contributed by atoms with Gasteiger partial charge in [-0.2, -0.15) is 4.98 Å². The fourth-order valence-electron chi connectivity index (χ4n) is 3.47. The number of carbonyl (C=O) groups excluding carboxylic acids is 2. The monoisotopic (exact) mass is 428 g/mol. The van der Waals surface area contributed by atoms with Gasteiger partial charge in [0.05, 0.1) is 5.38 Å². The first-order valence-electron chi connectivity index (χ1n) is 9.72. The average molecular weight is 429 g/mol. The molecule has 1 N–H and O–H groups in total. The van der Waals surface area contributed by atoms with Gasteiger partial charge in [-0.15, -0.1) is 11.3 Å². The number of carbonyl (C=O) groups is 2. The molecule has 0 atom stereocenters. The first kappa shape index (κ1) is 20.5. The van der Waals surface area contributed by atoms with Crippen molar-refractivity contribution in [3.05, 3.63) is 113 Å². The van der Waals surface area contributed by atoms with Crippen LogP contribution in [0.2, 0.25) is 0 Å². The highest BCUT2D eigenvalue weighted by atomic mass is 32.1. The lowest BCUT2D eigenvalue weighted by Crippen LogP contribution is -2.38. The number of ether oxygens (including phenoxy) is 1. The van der Waals surface area contributed by atoms with Gasteiger partial charge >= 0.3 is 5.97 Å². The SMILES string of the molecule is CC(=O)C(=O)Oc1csc(NC(c2ccccc2)(c2ccccc2)c2ccccc2)n1. The highest BCUT2D eigenvalue weighted by molar-refractivity contribution is 7.13. The Bertz CT molecular complexity index is 1080. The molecule has 0 radical (unpaired) electrons. The summed E-state index contributed by atoms with van der Waals surface area (Å²) in [6.07, 6.45) is 0. The molecule has 4 rings (SSSR count). The van der Waals surface area contributed by atoms with E-state index in [1.165, 1.54) is 18.3 Å². The van der Waals surface area contributed by atoms with Crippen LogP contribution in [0.25, 0.3) is 0 Å². The van der Waals surface area contributed by atoms with E-state index < -0.39 is 17.3 Å². The third-order valence-corrected chi connectivity index (χ3v) is 5.62. The van der Waals surface area contributed by atoms with Crippen molar-refractivity contribution in [2.45, 2.75) is 12.5 Å². The molecule has 1 aromatic heterocycles. The minimum atomic E-state index is -0.933. The summed E-state index contributed by atoms with van der Waals surface area (Å²) in [7, 11) is 0. The zero-order valence-electron chi connectivity index (χ0n) is 16.8. The van der Waals surface area contributed by atoms with Crippen LogP contribution >= 0.6 is 11.3 Å². The van der Waals surface area contributed by atoms with Crippen LogP contribution in [0.5, 0.6) is 5.88 Å². The van der Waals surface area contributed by atoms with Gasteiger partial charge in [0.15, 0.2) is 5.13 Å². The van der Waals surface area contributed by atoms with Crippen molar-refractivity contribution < 1.29 is 14.3 Å². The molecule has 0 aliphatic carbocycles. The molecule has 31 heavy (non-hydrogen) atoms. The number of nitrogens with zero attached hydrogens (tertiary/aromatic N) is 1. The summed E-state index contributed by atoms with van der Waals surface area (Å²) in [6, 6.07) is 30.3. The third-order valence-electron chi connectivity index (χ3n) is 4.88. The molecule has 0 unspecified atom stereocenters. The van der Waals surface area contributed by atoms with Crippen molar-refractivity contribution >= 4 is 28.2 Å². The van der Waals surface area contributed by atoms with Gasteiger partial charge in [0.25, 0.3) is 0 Å². The molecule has 4 aromatic rings. The summed E-state index contributed by atoms with van der Waals surface area (Å²) in [5.41, 5.74) is 2.36. The van der Waals surface area contributed by atoms with Gasteiger partial charge in [-0.3, -0.25) is 4.79 Å². The lowest BCUT2D eigenvalue weighted by Gasteiger charge is -2.36. The van der Waals surface area contributed by atoms with Gasteiger partial charge in [-0.1, -0.05) is 91.0 Å². The Morgan fingerprint density at radius 2 is 1.26 bits per heavy atom. The smallest absolute Gasteiger partial charge is 0.381 e. The van der Waals surface area contributed by atoms with Crippen molar-refractivity contribution in [2.75, 3.05) is 5.32 Å². The van der Waals surface area contributed by atoms with E-state index in [2.05, 4.69) is 46.7 Å². The predicted octanol–water partition coefficient (Wildman–Crippen LogP) is 5.04. The highest BCUT2D eigenvalue weighted by Gasteiger charge is 2.37. The summed E-state index contributed by atoms with van der Waals surface area (Å²) in [6.45, 7) is 1.17. The van der Waals surface area contributed by atoms with Crippen LogP contribution in [-0.2, 0) is 15.1 Å². The number of thiazole rings is 1. The number of benzene rings is 3. The maximum absolute atomic E-state index is 11.6. The number of esters is 1. The van der Waals surface area contributed by atoms with E-state index in [0.29, 0.717) is 5.13 Å². The van der Waals surface area contributed by atoms with Crippen molar-refractivity contribution in [1.29, 1.82) is 0 Å². The molecule has 0 aliphatic heterocycles. The van der Waals surface area contributed by atoms with Crippen LogP contribution in [-0.4, -0.2) is 16.7 Å². The van der Waals surface area contributed by atoms with Gasteiger partial charge in [0.1, 0.15) is 5.54 Å². The second-order valence-corrected chi connectivity index (χ2v) is 7.77. The quantitative estimate of drug-likeness (QED) is 0.254. The van der Waals surface area contributed by atoms with Gasteiger partial charge in [0, 0.05) is 6.92 Å². The number of hydrogen-bond acceptors (Lipinski definition) is 6. The van der Waals surface area contributed by atoms with Crippen molar-refractivity contribution in [3.63, 3.8) is 0 Å². The fraction of sp³-hybridized carbons (Fsp3) is 0.0800. The Morgan fingerprint density at radius 3 is 1.68 bits per heavy atom. The molecule has 0 saturated carbocycles. The lowest BCUT2D eigenvalue weighted by molar-refractivity contribution is -0.146. The average Bonchev–Trinajstić information content (AvgIpc) is 3.25. The minimum absolute atomic E-state index is 0.0933. The Morgan fingerprint density at radius 1 is 0.806 bits per heavy atom. The normalized spacial score (nSPS) is 11.0. The maximum atomic E-state index is 11.6. The van der Waals surface area contributed by atoms with Crippen molar-refractivity contribution in [3.8, 4) is 5.88 Å².